The molecule has 1 saturated heterocycles. The number of carbonyl (C=O) groups excluding carboxylic acids is 1. The predicted molar refractivity (Wildman–Crippen MR) is 159 cm³/mol. The molecule has 2 aliphatic rings. The van der Waals surface area contributed by atoms with Crippen molar-refractivity contribution in [1.29, 1.82) is 0 Å². The van der Waals surface area contributed by atoms with Gasteiger partial charge in [-0.15, -0.1) is 0 Å². The second-order valence-corrected chi connectivity index (χ2v) is 12.5. The molecule has 0 spiro atoms. The minimum atomic E-state index is -0.873. The van der Waals surface area contributed by atoms with Crippen LogP contribution in [0.4, 0.5) is 19.4 Å². The SMILES string of the molecule is CC(C)(C)Nc1ccc2c(n1)C(OC(=O)N1CCC(n3c(=O)[nH]c4ncccc43)CC1)CCC(c1cccc(F)c1F)C2. The highest BCUT2D eigenvalue weighted by Crippen LogP contribution is 2.39. The Kier molecular flexibility index (Phi) is 7.66. The van der Waals surface area contributed by atoms with Crippen molar-refractivity contribution in [2.24, 2.45) is 0 Å². The number of hydrogen-bond acceptors (Lipinski definition) is 6. The first kappa shape index (κ1) is 28.8. The number of nitrogens with zero attached hydrogens (tertiary/aromatic N) is 4. The number of hydrogen-bond donors (Lipinski definition) is 2. The molecule has 0 saturated carbocycles. The van der Waals surface area contributed by atoms with Gasteiger partial charge in [0.1, 0.15) is 11.9 Å². The fraction of sp³-hybridized carbons (Fsp3) is 0.438. The second kappa shape index (κ2) is 11.4. The van der Waals surface area contributed by atoms with E-state index in [0.29, 0.717) is 67.9 Å². The van der Waals surface area contributed by atoms with E-state index < -0.39 is 23.8 Å². The van der Waals surface area contributed by atoms with Crippen LogP contribution in [0.5, 0.6) is 0 Å². The summed E-state index contributed by atoms with van der Waals surface area (Å²) >= 11 is 0. The topological polar surface area (TPSA) is 105 Å². The number of anilines is 1. The van der Waals surface area contributed by atoms with Crippen molar-refractivity contribution in [2.45, 2.75) is 76.5 Å². The molecule has 4 aromatic rings. The number of piperidine rings is 1. The van der Waals surface area contributed by atoms with E-state index in [0.717, 1.165) is 17.1 Å². The van der Waals surface area contributed by atoms with Crippen molar-refractivity contribution < 1.29 is 18.3 Å². The molecule has 226 valence electrons. The summed E-state index contributed by atoms with van der Waals surface area (Å²) in [6.45, 7) is 6.96. The lowest BCUT2D eigenvalue weighted by Gasteiger charge is -2.33. The standard InChI is InChI=1S/C32H36F2N6O3/c1-32(2,3)38-26-12-10-20-18-19(22-6-4-7-23(33)27(22)34)9-11-25(28(20)36-26)43-31(42)39-16-13-21(14-17-39)40-24-8-5-15-35-29(24)37-30(40)41/h4-8,10,12,15,19,21,25H,9,11,13-14,16-18H2,1-3H3,(H,36,38)(H,35,37,41). The van der Waals surface area contributed by atoms with E-state index in [1.54, 1.807) is 27.8 Å². The molecule has 9 nitrogen and oxygen atoms in total. The van der Waals surface area contributed by atoms with Crippen molar-refractivity contribution in [2.75, 3.05) is 18.4 Å². The van der Waals surface area contributed by atoms with Crippen molar-refractivity contribution in [3.05, 3.63) is 87.6 Å². The summed E-state index contributed by atoms with van der Waals surface area (Å²) in [4.78, 5) is 39.7. The Morgan fingerprint density at radius 2 is 1.84 bits per heavy atom. The van der Waals surface area contributed by atoms with Gasteiger partial charge < -0.3 is 15.0 Å². The molecular formula is C32H36F2N6O3. The Morgan fingerprint density at radius 3 is 2.60 bits per heavy atom. The Balaban J connectivity index is 1.21. The average molecular weight is 591 g/mol. The van der Waals surface area contributed by atoms with E-state index in [1.165, 1.54) is 6.07 Å². The fourth-order valence-electron chi connectivity index (χ4n) is 6.31. The van der Waals surface area contributed by atoms with Gasteiger partial charge in [-0.1, -0.05) is 18.2 Å². The summed E-state index contributed by atoms with van der Waals surface area (Å²) in [5.41, 5.74) is 2.64. The van der Waals surface area contributed by atoms with Gasteiger partial charge in [0, 0.05) is 30.9 Å². The van der Waals surface area contributed by atoms with Crippen molar-refractivity contribution in [3.8, 4) is 0 Å². The number of amides is 1. The highest BCUT2D eigenvalue weighted by molar-refractivity contribution is 5.70. The molecule has 2 unspecified atom stereocenters. The number of likely N-dealkylation sites (tertiary alicyclic amines) is 1. The van der Waals surface area contributed by atoms with Gasteiger partial charge in [-0.3, -0.25) is 9.55 Å². The summed E-state index contributed by atoms with van der Waals surface area (Å²) in [5.74, 6) is -1.35. The number of nitrogens with one attached hydrogen (secondary N) is 2. The van der Waals surface area contributed by atoms with E-state index >= 15 is 0 Å². The molecule has 6 rings (SSSR count). The number of benzene rings is 1. The van der Waals surface area contributed by atoms with Crippen molar-refractivity contribution >= 4 is 23.1 Å². The van der Waals surface area contributed by atoms with Gasteiger partial charge in [0.05, 0.1) is 11.2 Å². The van der Waals surface area contributed by atoms with Crippen LogP contribution >= 0.6 is 0 Å². The number of halogens is 2. The van der Waals surface area contributed by atoms with Gasteiger partial charge in [0.2, 0.25) is 0 Å². The van der Waals surface area contributed by atoms with Crippen LogP contribution in [-0.4, -0.2) is 49.1 Å². The minimum absolute atomic E-state index is 0.0669. The summed E-state index contributed by atoms with van der Waals surface area (Å²) in [7, 11) is 0. The molecule has 1 aromatic carbocycles. The van der Waals surface area contributed by atoms with Crippen LogP contribution in [0.2, 0.25) is 0 Å². The Hall–Kier alpha value is -4.28. The monoisotopic (exact) mass is 590 g/mol. The molecule has 2 atom stereocenters. The molecule has 1 aliphatic carbocycles. The third-order valence-corrected chi connectivity index (χ3v) is 8.31. The maximum absolute atomic E-state index is 14.8. The Bertz CT molecular complexity index is 1700. The highest BCUT2D eigenvalue weighted by Gasteiger charge is 2.33. The lowest BCUT2D eigenvalue weighted by atomic mass is 9.90. The van der Waals surface area contributed by atoms with Crippen LogP contribution in [0.15, 0.2) is 53.5 Å². The summed E-state index contributed by atoms with van der Waals surface area (Å²) in [6.07, 6.45) is 3.09. The maximum Gasteiger partial charge on any atom is 0.410 e. The largest absolute Gasteiger partial charge is 0.440 e. The number of pyridine rings is 2. The molecule has 4 heterocycles. The van der Waals surface area contributed by atoms with Crippen LogP contribution < -0.4 is 11.0 Å². The first-order valence-corrected chi connectivity index (χ1v) is 14.8. The lowest BCUT2D eigenvalue weighted by Crippen LogP contribution is -2.41. The number of aromatic nitrogens is 4. The van der Waals surface area contributed by atoms with Crippen LogP contribution in [0.25, 0.3) is 11.2 Å². The van der Waals surface area contributed by atoms with E-state index in [1.807, 2.05) is 39.0 Å². The summed E-state index contributed by atoms with van der Waals surface area (Å²) < 4.78 is 36.8. The van der Waals surface area contributed by atoms with Crippen molar-refractivity contribution in [1.82, 2.24) is 24.4 Å². The molecule has 0 bridgehead atoms. The third-order valence-electron chi connectivity index (χ3n) is 8.31. The number of aromatic amines is 1. The molecule has 3 aromatic heterocycles. The molecule has 1 aliphatic heterocycles. The molecule has 1 amide bonds. The summed E-state index contributed by atoms with van der Waals surface area (Å²) in [5, 5.41) is 3.38. The average Bonchev–Trinajstić information content (AvgIpc) is 3.21. The van der Waals surface area contributed by atoms with Crippen LogP contribution in [0, 0.1) is 11.6 Å². The van der Waals surface area contributed by atoms with Gasteiger partial charge in [0.15, 0.2) is 17.3 Å². The summed E-state index contributed by atoms with van der Waals surface area (Å²) in [6, 6.07) is 11.7. The molecule has 0 radical (unpaired) electrons. The Labute approximate surface area is 248 Å². The van der Waals surface area contributed by atoms with Gasteiger partial charge in [-0.2, -0.15) is 0 Å². The number of rotatable bonds is 4. The molecule has 1 fully saturated rings. The minimum Gasteiger partial charge on any atom is -0.440 e. The van der Waals surface area contributed by atoms with Gasteiger partial charge in [0.25, 0.3) is 0 Å². The van der Waals surface area contributed by atoms with Crippen LogP contribution in [0.3, 0.4) is 0 Å². The van der Waals surface area contributed by atoms with Gasteiger partial charge in [-0.05, 0) is 94.2 Å². The normalized spacial score (nSPS) is 19.6. The van der Waals surface area contributed by atoms with Crippen LogP contribution in [0.1, 0.15) is 81.3 Å². The first-order valence-electron chi connectivity index (χ1n) is 14.8. The zero-order valence-electron chi connectivity index (χ0n) is 24.6. The number of imidazole rings is 1. The number of carbonyl (C=O) groups is 1. The number of ether oxygens (including phenoxy) is 1. The van der Waals surface area contributed by atoms with E-state index in [-0.39, 0.29) is 23.2 Å². The highest BCUT2D eigenvalue weighted by atomic mass is 19.2. The molecule has 43 heavy (non-hydrogen) atoms. The van der Waals surface area contributed by atoms with Crippen molar-refractivity contribution in [3.63, 3.8) is 0 Å². The second-order valence-electron chi connectivity index (χ2n) is 12.5. The van der Waals surface area contributed by atoms with Gasteiger partial charge >= 0.3 is 11.8 Å². The molecule has 11 heteroatoms. The molecule has 2 N–H and O–H groups in total. The zero-order valence-corrected chi connectivity index (χ0v) is 24.6. The van der Waals surface area contributed by atoms with E-state index in [4.69, 9.17) is 9.72 Å². The zero-order chi connectivity index (χ0) is 30.3. The quantitative estimate of drug-likeness (QED) is 0.273. The predicted octanol–water partition coefficient (Wildman–Crippen LogP) is 6.24. The van der Waals surface area contributed by atoms with Crippen LogP contribution in [-0.2, 0) is 11.2 Å². The van der Waals surface area contributed by atoms with E-state index in [9.17, 15) is 18.4 Å². The van der Waals surface area contributed by atoms with Gasteiger partial charge in [-0.25, -0.2) is 28.3 Å². The lowest BCUT2D eigenvalue weighted by molar-refractivity contribution is 0.0473. The first-order chi connectivity index (χ1) is 20.6. The third kappa shape index (κ3) is 5.98. The fourth-order valence-corrected chi connectivity index (χ4v) is 6.31. The Morgan fingerprint density at radius 1 is 1.05 bits per heavy atom. The molecular weight excluding hydrogens is 554 g/mol. The maximum atomic E-state index is 14.8. The number of fused-ring (bicyclic) bond motifs is 2. The number of H-pyrrole nitrogens is 1. The van der Waals surface area contributed by atoms with E-state index in [2.05, 4.69) is 15.3 Å². The smallest absolute Gasteiger partial charge is 0.410 e.